The number of carbonyl (C=O) groups excluding carboxylic acids is 1. The molecular weight excluding hydrogens is 384 g/mol. The van der Waals surface area contributed by atoms with Crippen LogP contribution in [0.15, 0.2) is 54.6 Å². The fraction of sp³-hybridized carbons (Fsp3) is 0.217. The SMILES string of the molecule is O=C(O)N1C(=O)c2cccc3c(Oc4ccc(CN5CCOCC5)cc4)ccc1c23. The summed E-state index contributed by atoms with van der Waals surface area (Å²) in [6, 6.07) is 16.5. The third kappa shape index (κ3) is 3.18. The first-order valence-electron chi connectivity index (χ1n) is 9.82. The Morgan fingerprint density at radius 3 is 2.53 bits per heavy atom. The number of hydrogen-bond acceptors (Lipinski definition) is 5. The van der Waals surface area contributed by atoms with Crippen LogP contribution in [0, 0.1) is 0 Å². The monoisotopic (exact) mass is 404 g/mol. The zero-order valence-electron chi connectivity index (χ0n) is 16.2. The highest BCUT2D eigenvalue weighted by atomic mass is 16.5. The molecule has 2 aliphatic heterocycles. The fourth-order valence-corrected chi connectivity index (χ4v) is 4.04. The second-order valence-corrected chi connectivity index (χ2v) is 7.37. The number of ether oxygens (including phenoxy) is 2. The highest BCUT2D eigenvalue weighted by molar-refractivity contribution is 6.32. The number of amides is 2. The van der Waals surface area contributed by atoms with Crippen LogP contribution >= 0.6 is 0 Å². The molecule has 1 fully saturated rings. The summed E-state index contributed by atoms with van der Waals surface area (Å²) in [5.74, 6) is 0.727. The summed E-state index contributed by atoms with van der Waals surface area (Å²) in [6.45, 7) is 4.29. The minimum atomic E-state index is -1.29. The zero-order chi connectivity index (χ0) is 20.7. The van der Waals surface area contributed by atoms with Gasteiger partial charge >= 0.3 is 6.09 Å². The Kier molecular flexibility index (Phi) is 4.61. The van der Waals surface area contributed by atoms with Gasteiger partial charge < -0.3 is 14.6 Å². The molecule has 1 saturated heterocycles. The maximum Gasteiger partial charge on any atom is 0.419 e. The van der Waals surface area contributed by atoms with E-state index in [2.05, 4.69) is 4.90 Å². The number of carbonyl (C=O) groups is 2. The normalized spacial score (nSPS) is 16.3. The average Bonchev–Trinajstić information content (AvgIpc) is 3.05. The van der Waals surface area contributed by atoms with E-state index in [1.807, 2.05) is 30.3 Å². The predicted octanol–water partition coefficient (Wildman–Crippen LogP) is 4.10. The largest absolute Gasteiger partial charge is 0.464 e. The molecule has 1 N–H and O–H groups in total. The third-order valence-electron chi connectivity index (χ3n) is 5.51. The van der Waals surface area contributed by atoms with Gasteiger partial charge in [0.25, 0.3) is 5.91 Å². The third-order valence-corrected chi connectivity index (χ3v) is 5.51. The zero-order valence-corrected chi connectivity index (χ0v) is 16.2. The van der Waals surface area contributed by atoms with E-state index >= 15 is 0 Å². The standard InChI is InChI=1S/C23H20N2O5/c26-22-18-3-1-2-17-20(9-8-19(21(17)18)25(22)23(27)28)30-16-6-4-15(5-7-16)14-24-10-12-29-13-11-24/h1-9H,10-14H2,(H,27,28). The molecule has 5 rings (SSSR count). The molecule has 2 heterocycles. The maximum absolute atomic E-state index is 12.5. The summed E-state index contributed by atoms with van der Waals surface area (Å²) in [5, 5.41) is 10.7. The first kappa shape index (κ1) is 18.6. The van der Waals surface area contributed by atoms with Crippen molar-refractivity contribution in [2.24, 2.45) is 0 Å². The molecule has 3 aromatic rings. The molecule has 0 aliphatic carbocycles. The van der Waals surface area contributed by atoms with E-state index in [0.29, 0.717) is 33.5 Å². The van der Waals surface area contributed by atoms with Crippen molar-refractivity contribution in [1.82, 2.24) is 4.90 Å². The number of anilines is 1. The maximum atomic E-state index is 12.5. The minimum Gasteiger partial charge on any atom is -0.464 e. The van der Waals surface area contributed by atoms with E-state index < -0.39 is 12.0 Å². The van der Waals surface area contributed by atoms with Crippen LogP contribution < -0.4 is 9.64 Å². The Hall–Kier alpha value is -3.42. The Morgan fingerprint density at radius 2 is 1.80 bits per heavy atom. The van der Waals surface area contributed by atoms with Crippen LogP contribution in [0.4, 0.5) is 10.5 Å². The van der Waals surface area contributed by atoms with Crippen molar-refractivity contribution in [3.63, 3.8) is 0 Å². The summed E-state index contributed by atoms with van der Waals surface area (Å²) in [4.78, 5) is 27.2. The Balaban J connectivity index is 1.41. The molecule has 0 saturated carbocycles. The van der Waals surface area contributed by atoms with Crippen LogP contribution in [0.1, 0.15) is 15.9 Å². The summed E-state index contributed by atoms with van der Waals surface area (Å²) in [6.07, 6.45) is -1.29. The Labute approximate surface area is 173 Å². The number of morpholine rings is 1. The molecular formula is C23H20N2O5. The van der Waals surface area contributed by atoms with Crippen molar-refractivity contribution in [3.05, 3.63) is 65.7 Å². The first-order chi connectivity index (χ1) is 14.6. The summed E-state index contributed by atoms with van der Waals surface area (Å²) >= 11 is 0. The van der Waals surface area contributed by atoms with Crippen LogP contribution in [-0.2, 0) is 11.3 Å². The average molecular weight is 404 g/mol. The smallest absolute Gasteiger partial charge is 0.419 e. The van der Waals surface area contributed by atoms with Crippen molar-refractivity contribution in [2.45, 2.75) is 6.54 Å². The predicted molar refractivity (Wildman–Crippen MR) is 111 cm³/mol. The Morgan fingerprint density at radius 1 is 1.03 bits per heavy atom. The lowest BCUT2D eigenvalue weighted by Gasteiger charge is -2.26. The van der Waals surface area contributed by atoms with Crippen molar-refractivity contribution in [3.8, 4) is 11.5 Å². The lowest BCUT2D eigenvalue weighted by atomic mass is 10.0. The minimum absolute atomic E-state index is 0.367. The quantitative estimate of drug-likeness (QED) is 0.705. The number of imide groups is 1. The van der Waals surface area contributed by atoms with Crippen LogP contribution in [0.3, 0.4) is 0 Å². The highest BCUT2D eigenvalue weighted by Crippen LogP contribution is 2.42. The van der Waals surface area contributed by atoms with Gasteiger partial charge in [0.15, 0.2) is 0 Å². The number of rotatable bonds is 4. The van der Waals surface area contributed by atoms with Gasteiger partial charge in [-0.15, -0.1) is 0 Å². The van der Waals surface area contributed by atoms with Gasteiger partial charge in [0.2, 0.25) is 0 Å². The van der Waals surface area contributed by atoms with E-state index in [-0.39, 0.29) is 0 Å². The second kappa shape index (κ2) is 7.44. The van der Waals surface area contributed by atoms with Crippen LogP contribution in [0.25, 0.3) is 10.8 Å². The van der Waals surface area contributed by atoms with Gasteiger partial charge in [-0.25, -0.2) is 9.69 Å². The second-order valence-electron chi connectivity index (χ2n) is 7.37. The lowest BCUT2D eigenvalue weighted by Crippen LogP contribution is -2.35. The fourth-order valence-electron chi connectivity index (χ4n) is 4.04. The van der Waals surface area contributed by atoms with Crippen molar-refractivity contribution in [2.75, 3.05) is 31.2 Å². The van der Waals surface area contributed by atoms with Crippen molar-refractivity contribution >= 4 is 28.5 Å². The van der Waals surface area contributed by atoms with E-state index in [4.69, 9.17) is 9.47 Å². The van der Waals surface area contributed by atoms with E-state index in [1.165, 1.54) is 5.56 Å². The number of carboxylic acid groups (broad SMARTS) is 1. The van der Waals surface area contributed by atoms with Gasteiger partial charge in [-0.05, 0) is 35.9 Å². The van der Waals surface area contributed by atoms with Crippen LogP contribution in [-0.4, -0.2) is 48.3 Å². The van der Waals surface area contributed by atoms with Crippen molar-refractivity contribution < 1.29 is 24.2 Å². The molecule has 7 nitrogen and oxygen atoms in total. The number of nitrogens with zero attached hydrogens (tertiary/aromatic N) is 2. The molecule has 0 radical (unpaired) electrons. The van der Waals surface area contributed by atoms with E-state index in [1.54, 1.807) is 24.3 Å². The van der Waals surface area contributed by atoms with E-state index in [0.717, 1.165) is 37.7 Å². The molecule has 152 valence electrons. The van der Waals surface area contributed by atoms with E-state index in [9.17, 15) is 14.7 Å². The molecule has 0 atom stereocenters. The van der Waals surface area contributed by atoms with Crippen molar-refractivity contribution in [1.29, 1.82) is 0 Å². The van der Waals surface area contributed by atoms with Gasteiger partial charge in [-0.3, -0.25) is 9.69 Å². The first-order valence-corrected chi connectivity index (χ1v) is 9.82. The molecule has 0 bridgehead atoms. The Bertz CT molecular complexity index is 1140. The summed E-state index contributed by atoms with van der Waals surface area (Å²) < 4.78 is 11.5. The lowest BCUT2D eigenvalue weighted by molar-refractivity contribution is 0.0342. The summed E-state index contributed by atoms with van der Waals surface area (Å²) in [7, 11) is 0. The molecule has 7 heteroatoms. The van der Waals surface area contributed by atoms with Gasteiger partial charge in [0.05, 0.1) is 24.5 Å². The molecule has 0 spiro atoms. The van der Waals surface area contributed by atoms with Gasteiger partial charge in [-0.2, -0.15) is 0 Å². The molecule has 30 heavy (non-hydrogen) atoms. The summed E-state index contributed by atoms with van der Waals surface area (Å²) in [5.41, 5.74) is 1.94. The highest BCUT2D eigenvalue weighted by Gasteiger charge is 2.35. The topological polar surface area (TPSA) is 79.3 Å². The molecule has 0 unspecified atom stereocenters. The van der Waals surface area contributed by atoms with Crippen LogP contribution in [0.5, 0.6) is 11.5 Å². The number of benzene rings is 3. The molecule has 3 aromatic carbocycles. The van der Waals surface area contributed by atoms with Gasteiger partial charge in [0, 0.05) is 30.4 Å². The van der Waals surface area contributed by atoms with Crippen LogP contribution in [0.2, 0.25) is 0 Å². The van der Waals surface area contributed by atoms with Gasteiger partial charge in [0.1, 0.15) is 11.5 Å². The molecule has 2 aliphatic rings. The molecule has 2 amide bonds. The van der Waals surface area contributed by atoms with Gasteiger partial charge in [-0.1, -0.05) is 24.3 Å². The number of hydrogen-bond donors (Lipinski definition) is 1. The molecule has 0 aromatic heterocycles.